The second-order valence-electron chi connectivity index (χ2n) is 12.6. The quantitative estimate of drug-likeness (QED) is 0.259. The SMILES string of the molecule is CC(C)CC(C(=O)O)N1C(=O)C2C3CC(C2C1=O)C1C3Sc2[nH]c(=O)sc2[C@@H]1c1cc(Br)ccc1OCc1ccc(Cl)cc1. The first kappa shape index (κ1) is 30.1. The van der Waals surface area contributed by atoms with E-state index in [1.165, 1.54) is 11.3 Å². The van der Waals surface area contributed by atoms with Gasteiger partial charge in [0.2, 0.25) is 11.8 Å². The van der Waals surface area contributed by atoms with Crippen LogP contribution in [0.15, 0.2) is 56.8 Å². The molecule has 230 valence electrons. The van der Waals surface area contributed by atoms with Gasteiger partial charge in [-0.05, 0) is 72.4 Å². The molecule has 7 unspecified atom stereocenters. The fourth-order valence-electron chi connectivity index (χ4n) is 8.09. The van der Waals surface area contributed by atoms with Crippen LogP contribution in [0.25, 0.3) is 0 Å². The Balaban J connectivity index is 1.28. The summed E-state index contributed by atoms with van der Waals surface area (Å²) in [4.78, 5) is 57.8. The normalized spacial score (nSPS) is 29.1. The molecule has 2 N–H and O–H groups in total. The summed E-state index contributed by atoms with van der Waals surface area (Å²) in [6, 6.07) is 12.2. The molecule has 2 bridgehead atoms. The monoisotopic (exact) mass is 716 g/mol. The van der Waals surface area contributed by atoms with Crippen LogP contribution < -0.4 is 9.61 Å². The minimum atomic E-state index is -1.17. The van der Waals surface area contributed by atoms with E-state index in [0.29, 0.717) is 17.4 Å². The molecular formula is C32H30BrClN2O6S2. The van der Waals surface area contributed by atoms with Gasteiger partial charge in [0, 0.05) is 31.1 Å². The molecule has 44 heavy (non-hydrogen) atoms. The Bertz CT molecular complexity index is 1720. The highest BCUT2D eigenvalue weighted by Crippen LogP contribution is 2.69. The maximum absolute atomic E-state index is 14.0. The molecule has 1 aromatic heterocycles. The molecule has 3 aromatic rings. The Morgan fingerprint density at radius 1 is 1.11 bits per heavy atom. The van der Waals surface area contributed by atoms with Crippen LogP contribution in [0.4, 0.5) is 0 Å². The number of hydrogen-bond donors (Lipinski definition) is 2. The van der Waals surface area contributed by atoms with Gasteiger partial charge in [-0.2, -0.15) is 0 Å². The highest BCUT2D eigenvalue weighted by molar-refractivity contribution is 9.10. The van der Waals surface area contributed by atoms with Gasteiger partial charge < -0.3 is 14.8 Å². The van der Waals surface area contributed by atoms with Crippen LogP contribution in [0, 0.1) is 35.5 Å². The molecule has 0 spiro atoms. The number of thioether (sulfide) groups is 1. The number of carbonyl (C=O) groups excluding carboxylic acids is 2. The topological polar surface area (TPSA) is 117 Å². The summed E-state index contributed by atoms with van der Waals surface area (Å²) in [6.07, 6.45) is 0.937. The van der Waals surface area contributed by atoms with Crippen molar-refractivity contribution in [2.75, 3.05) is 0 Å². The van der Waals surface area contributed by atoms with E-state index in [2.05, 4.69) is 20.9 Å². The largest absolute Gasteiger partial charge is 0.489 e. The van der Waals surface area contributed by atoms with E-state index in [4.69, 9.17) is 16.3 Å². The standard InChI is InChI=1S/C32H30BrClN2O6S2/c1-13(2)9-20(31(39)40)36-29(37)24-18-11-19(25(24)30(36)38)26-23(18)22(27-28(43-26)35-32(41)44-27)17-10-15(33)5-8-21(17)42-12-14-3-6-16(34)7-4-14/h3-8,10,13,18-20,22-26H,9,11-12H2,1-2H3,(H,35,41)(H,39,40)/t18?,19?,20?,22-,23?,24?,25?,26?/m1/s1. The van der Waals surface area contributed by atoms with Gasteiger partial charge in [-0.3, -0.25) is 19.3 Å². The zero-order chi connectivity index (χ0) is 31.0. The van der Waals surface area contributed by atoms with Crippen molar-refractivity contribution in [2.24, 2.45) is 35.5 Å². The number of carboxylic acid groups (broad SMARTS) is 1. The first-order valence-electron chi connectivity index (χ1n) is 14.7. The lowest BCUT2D eigenvalue weighted by Gasteiger charge is -2.43. The molecule has 0 radical (unpaired) electrons. The number of nitrogens with zero attached hydrogens (tertiary/aromatic N) is 1. The highest BCUT2D eigenvalue weighted by atomic mass is 79.9. The predicted molar refractivity (Wildman–Crippen MR) is 171 cm³/mol. The Morgan fingerprint density at radius 2 is 1.82 bits per heavy atom. The van der Waals surface area contributed by atoms with E-state index >= 15 is 0 Å². The number of benzene rings is 2. The molecule has 2 aromatic carbocycles. The molecule has 7 rings (SSSR count). The van der Waals surface area contributed by atoms with Crippen LogP contribution in [0.3, 0.4) is 0 Å². The molecule has 2 saturated carbocycles. The third-order valence-electron chi connectivity index (χ3n) is 9.66. The van der Waals surface area contributed by atoms with E-state index in [0.717, 1.165) is 36.8 Å². The minimum absolute atomic E-state index is 0.00649. The number of hydrogen-bond acceptors (Lipinski definition) is 7. The van der Waals surface area contributed by atoms with Gasteiger partial charge in [-0.15, -0.1) is 11.8 Å². The van der Waals surface area contributed by atoms with Gasteiger partial charge >= 0.3 is 10.8 Å². The van der Waals surface area contributed by atoms with Gasteiger partial charge in [0.1, 0.15) is 18.4 Å². The van der Waals surface area contributed by atoms with E-state index < -0.39 is 23.8 Å². The van der Waals surface area contributed by atoms with Crippen molar-refractivity contribution >= 4 is 68.4 Å². The van der Waals surface area contributed by atoms with Crippen LogP contribution in [0.5, 0.6) is 5.75 Å². The average molecular weight is 718 g/mol. The van der Waals surface area contributed by atoms with Crippen LogP contribution in [0.1, 0.15) is 48.6 Å². The molecule has 2 aliphatic heterocycles. The number of H-pyrrole nitrogens is 1. The molecule has 8 atom stereocenters. The Morgan fingerprint density at radius 3 is 2.50 bits per heavy atom. The number of aromatic amines is 1. The fourth-order valence-corrected chi connectivity index (χ4v) is 11.5. The van der Waals surface area contributed by atoms with Crippen LogP contribution >= 0.6 is 50.6 Å². The lowest BCUT2D eigenvalue weighted by Crippen LogP contribution is -2.47. The Labute approximate surface area is 275 Å². The number of thiazole rings is 1. The zero-order valence-electron chi connectivity index (χ0n) is 23.9. The summed E-state index contributed by atoms with van der Waals surface area (Å²) in [5, 5.41) is 11.5. The van der Waals surface area contributed by atoms with Gasteiger partial charge in [0.05, 0.1) is 16.9 Å². The number of ether oxygens (including phenoxy) is 1. The first-order valence-corrected chi connectivity index (χ1v) is 17.6. The van der Waals surface area contributed by atoms with E-state index in [-0.39, 0.29) is 57.9 Å². The number of carbonyl (C=O) groups is 3. The molecule has 3 heterocycles. The summed E-state index contributed by atoms with van der Waals surface area (Å²) in [6.45, 7) is 4.11. The number of carboxylic acids is 1. The van der Waals surface area contributed by atoms with Gasteiger partial charge in [0.25, 0.3) is 0 Å². The lowest BCUT2D eigenvalue weighted by molar-refractivity contribution is -0.156. The summed E-state index contributed by atoms with van der Waals surface area (Å²) >= 11 is 12.5. The number of rotatable bonds is 8. The first-order chi connectivity index (χ1) is 21.0. The number of halogens is 2. The molecule has 1 saturated heterocycles. The van der Waals surface area contributed by atoms with E-state index in [1.807, 2.05) is 56.3 Å². The van der Waals surface area contributed by atoms with Crippen LogP contribution in [-0.4, -0.2) is 44.1 Å². The number of aliphatic carboxylic acids is 1. The number of imide groups is 1. The molecule has 4 aliphatic rings. The summed E-state index contributed by atoms with van der Waals surface area (Å²) in [5.74, 6) is -2.77. The van der Waals surface area contributed by atoms with Gasteiger partial charge in [-0.25, -0.2) is 4.79 Å². The zero-order valence-corrected chi connectivity index (χ0v) is 27.8. The lowest BCUT2D eigenvalue weighted by atomic mass is 9.68. The third-order valence-corrected chi connectivity index (χ3v) is 13.0. The van der Waals surface area contributed by atoms with Crippen molar-refractivity contribution in [3.05, 3.63) is 77.6 Å². The molecule has 2 aliphatic carbocycles. The maximum Gasteiger partial charge on any atom is 0.326 e. The number of likely N-dealkylation sites (tertiary alicyclic amines) is 1. The van der Waals surface area contributed by atoms with Crippen molar-refractivity contribution in [1.82, 2.24) is 9.88 Å². The molecular weight excluding hydrogens is 688 g/mol. The van der Waals surface area contributed by atoms with Crippen LogP contribution in [-0.2, 0) is 21.0 Å². The minimum Gasteiger partial charge on any atom is -0.489 e. The van der Waals surface area contributed by atoms with Crippen molar-refractivity contribution in [3.63, 3.8) is 0 Å². The number of fused-ring (bicyclic) bond motifs is 9. The van der Waals surface area contributed by atoms with Crippen molar-refractivity contribution < 1.29 is 24.2 Å². The maximum atomic E-state index is 14.0. The van der Waals surface area contributed by atoms with Crippen LogP contribution in [0.2, 0.25) is 5.02 Å². The molecule has 2 amide bonds. The Hall–Kier alpha value is -2.60. The molecule has 3 fully saturated rings. The summed E-state index contributed by atoms with van der Waals surface area (Å²) in [5.41, 5.74) is 1.88. The van der Waals surface area contributed by atoms with Crippen molar-refractivity contribution in [2.45, 2.75) is 55.5 Å². The van der Waals surface area contributed by atoms with E-state index in [9.17, 15) is 24.3 Å². The second-order valence-corrected chi connectivity index (χ2v) is 16.1. The predicted octanol–water partition coefficient (Wildman–Crippen LogP) is 6.40. The second kappa shape index (κ2) is 11.3. The van der Waals surface area contributed by atoms with Gasteiger partial charge in [-0.1, -0.05) is 64.8 Å². The van der Waals surface area contributed by atoms with E-state index in [1.54, 1.807) is 11.8 Å². The number of amides is 2. The molecule has 8 nitrogen and oxygen atoms in total. The van der Waals surface area contributed by atoms with Crippen molar-refractivity contribution in [3.8, 4) is 5.75 Å². The molecule has 12 heteroatoms. The number of nitrogens with one attached hydrogen (secondary N) is 1. The average Bonchev–Trinajstić information content (AvgIpc) is 3.70. The fraction of sp³-hybridized carbons (Fsp3) is 0.438. The summed E-state index contributed by atoms with van der Waals surface area (Å²) < 4.78 is 7.27. The Kier molecular flexibility index (Phi) is 7.74. The summed E-state index contributed by atoms with van der Waals surface area (Å²) in [7, 11) is 0. The highest BCUT2D eigenvalue weighted by Gasteiger charge is 2.70. The van der Waals surface area contributed by atoms with Crippen molar-refractivity contribution in [1.29, 1.82) is 0 Å². The third kappa shape index (κ3) is 4.85. The van der Waals surface area contributed by atoms with Gasteiger partial charge in [0.15, 0.2) is 0 Å². The number of aromatic nitrogens is 1. The smallest absolute Gasteiger partial charge is 0.326 e.